The van der Waals surface area contributed by atoms with Gasteiger partial charge in [0.1, 0.15) is 23.9 Å². The van der Waals surface area contributed by atoms with E-state index in [0.717, 1.165) is 11.0 Å². The van der Waals surface area contributed by atoms with E-state index in [1.165, 1.54) is 19.2 Å². The lowest BCUT2D eigenvalue weighted by Crippen LogP contribution is -2.39. The molecule has 0 aliphatic carbocycles. The standard InChI is InChI=1S/C21H24FN3O5/c1-3-30-19(16-9-8-15(29-2)10-17(16)22)21(28)25(12-18(26)27)11-13-4-6-14(7-5-13)20(23)24/h4-10,19H,3,11-12H2,1-2H3,(H3,23,24)(H,26,27)/t19-/m1/s1. The predicted molar refractivity (Wildman–Crippen MR) is 108 cm³/mol. The van der Waals surface area contributed by atoms with Gasteiger partial charge in [-0.05, 0) is 24.6 Å². The Kier molecular flexibility index (Phi) is 7.88. The first-order valence-corrected chi connectivity index (χ1v) is 9.15. The van der Waals surface area contributed by atoms with Crippen molar-refractivity contribution < 1.29 is 28.6 Å². The molecule has 0 fully saturated rings. The van der Waals surface area contributed by atoms with Gasteiger partial charge in [0.05, 0.1) is 7.11 Å². The highest BCUT2D eigenvalue weighted by atomic mass is 19.1. The molecule has 9 heteroatoms. The van der Waals surface area contributed by atoms with Gasteiger partial charge < -0.3 is 25.2 Å². The number of hydrogen-bond acceptors (Lipinski definition) is 5. The molecule has 30 heavy (non-hydrogen) atoms. The summed E-state index contributed by atoms with van der Waals surface area (Å²) < 4.78 is 25.0. The Morgan fingerprint density at radius 3 is 2.40 bits per heavy atom. The van der Waals surface area contributed by atoms with E-state index in [-0.39, 0.29) is 30.3 Å². The number of carboxylic acids is 1. The Morgan fingerprint density at radius 1 is 1.23 bits per heavy atom. The van der Waals surface area contributed by atoms with Gasteiger partial charge >= 0.3 is 5.97 Å². The highest BCUT2D eigenvalue weighted by Crippen LogP contribution is 2.27. The predicted octanol–water partition coefficient (Wildman–Crippen LogP) is 2.31. The van der Waals surface area contributed by atoms with Crippen LogP contribution in [0.2, 0.25) is 0 Å². The minimum absolute atomic E-state index is 0.00929. The van der Waals surface area contributed by atoms with Crippen molar-refractivity contribution in [3.05, 3.63) is 65.0 Å². The fourth-order valence-corrected chi connectivity index (χ4v) is 2.86. The molecule has 2 aromatic rings. The van der Waals surface area contributed by atoms with E-state index in [9.17, 15) is 19.1 Å². The van der Waals surface area contributed by atoms with Gasteiger partial charge in [-0.25, -0.2) is 4.39 Å². The van der Waals surface area contributed by atoms with Crippen molar-refractivity contribution in [3.8, 4) is 5.75 Å². The number of nitrogen functional groups attached to an aromatic ring is 1. The van der Waals surface area contributed by atoms with Crippen LogP contribution in [-0.2, 0) is 20.9 Å². The van der Waals surface area contributed by atoms with E-state index >= 15 is 0 Å². The third kappa shape index (κ3) is 5.77. The zero-order valence-corrected chi connectivity index (χ0v) is 16.7. The Labute approximate surface area is 173 Å². The quantitative estimate of drug-likeness (QED) is 0.402. The molecule has 1 amide bonds. The van der Waals surface area contributed by atoms with Crippen LogP contribution in [0.1, 0.15) is 29.7 Å². The first-order chi connectivity index (χ1) is 14.3. The van der Waals surface area contributed by atoms with E-state index in [1.54, 1.807) is 31.2 Å². The molecule has 4 N–H and O–H groups in total. The van der Waals surface area contributed by atoms with Crippen LogP contribution in [0.3, 0.4) is 0 Å². The molecule has 0 spiro atoms. The summed E-state index contributed by atoms with van der Waals surface area (Å²) >= 11 is 0. The van der Waals surface area contributed by atoms with Crippen molar-refractivity contribution in [3.63, 3.8) is 0 Å². The van der Waals surface area contributed by atoms with E-state index in [4.69, 9.17) is 20.6 Å². The van der Waals surface area contributed by atoms with Crippen molar-refractivity contribution in [2.45, 2.75) is 19.6 Å². The fraction of sp³-hybridized carbons (Fsp3) is 0.286. The molecule has 0 aliphatic heterocycles. The number of carbonyl (C=O) groups excluding carboxylic acids is 1. The third-order valence-electron chi connectivity index (χ3n) is 4.32. The van der Waals surface area contributed by atoms with Crippen LogP contribution in [0.4, 0.5) is 4.39 Å². The van der Waals surface area contributed by atoms with E-state index < -0.39 is 30.3 Å². The molecule has 0 radical (unpaired) electrons. The fourth-order valence-electron chi connectivity index (χ4n) is 2.86. The van der Waals surface area contributed by atoms with Crippen LogP contribution in [0.5, 0.6) is 5.75 Å². The van der Waals surface area contributed by atoms with Gasteiger partial charge in [0.25, 0.3) is 5.91 Å². The summed E-state index contributed by atoms with van der Waals surface area (Å²) in [7, 11) is 1.39. The summed E-state index contributed by atoms with van der Waals surface area (Å²) in [5.41, 5.74) is 6.55. The number of aliphatic carboxylic acids is 1. The molecule has 0 saturated carbocycles. The largest absolute Gasteiger partial charge is 0.497 e. The second-order valence-corrected chi connectivity index (χ2v) is 6.42. The molecule has 8 nitrogen and oxygen atoms in total. The molecule has 0 bridgehead atoms. The zero-order chi connectivity index (χ0) is 22.3. The molecule has 2 aromatic carbocycles. The number of amides is 1. The van der Waals surface area contributed by atoms with Crippen molar-refractivity contribution >= 4 is 17.7 Å². The minimum Gasteiger partial charge on any atom is -0.497 e. The van der Waals surface area contributed by atoms with Crippen LogP contribution >= 0.6 is 0 Å². The number of nitrogens with zero attached hydrogens (tertiary/aromatic N) is 1. The van der Waals surface area contributed by atoms with E-state index in [1.807, 2.05) is 0 Å². The van der Waals surface area contributed by atoms with Crippen molar-refractivity contribution in [1.82, 2.24) is 4.90 Å². The lowest BCUT2D eigenvalue weighted by Gasteiger charge is -2.26. The Balaban J connectivity index is 2.34. The Bertz CT molecular complexity index is 917. The normalized spacial score (nSPS) is 11.6. The number of amidine groups is 1. The second kappa shape index (κ2) is 10.4. The summed E-state index contributed by atoms with van der Waals surface area (Å²) in [6, 6.07) is 10.5. The number of benzene rings is 2. The van der Waals surface area contributed by atoms with Crippen LogP contribution < -0.4 is 10.5 Å². The van der Waals surface area contributed by atoms with Gasteiger partial charge in [-0.1, -0.05) is 24.3 Å². The number of ether oxygens (including phenoxy) is 2. The number of nitrogens with one attached hydrogen (secondary N) is 1. The summed E-state index contributed by atoms with van der Waals surface area (Å²) in [6.45, 7) is 1.15. The molecule has 2 rings (SSSR count). The topological polar surface area (TPSA) is 126 Å². The van der Waals surface area contributed by atoms with Crippen molar-refractivity contribution in [1.29, 1.82) is 5.41 Å². The van der Waals surface area contributed by atoms with Crippen molar-refractivity contribution in [2.24, 2.45) is 5.73 Å². The highest BCUT2D eigenvalue weighted by Gasteiger charge is 2.30. The number of hydrogen-bond donors (Lipinski definition) is 3. The second-order valence-electron chi connectivity index (χ2n) is 6.42. The molecular formula is C21H24FN3O5. The average Bonchev–Trinajstić information content (AvgIpc) is 2.71. The van der Waals surface area contributed by atoms with Gasteiger partial charge in [-0.15, -0.1) is 0 Å². The maximum Gasteiger partial charge on any atom is 0.323 e. The summed E-state index contributed by atoms with van der Waals surface area (Å²) in [5.74, 6) is -2.41. The summed E-state index contributed by atoms with van der Waals surface area (Å²) in [4.78, 5) is 25.6. The number of nitrogens with two attached hydrogens (primary N) is 1. The Hall–Kier alpha value is -3.46. The van der Waals surface area contributed by atoms with Gasteiger partial charge in [-0.3, -0.25) is 15.0 Å². The number of halogens is 1. The van der Waals surface area contributed by atoms with Crippen LogP contribution in [-0.4, -0.2) is 48.0 Å². The maximum atomic E-state index is 14.6. The number of rotatable bonds is 10. The number of carbonyl (C=O) groups is 2. The third-order valence-corrected chi connectivity index (χ3v) is 4.32. The lowest BCUT2D eigenvalue weighted by atomic mass is 10.1. The molecule has 0 saturated heterocycles. The summed E-state index contributed by atoms with van der Waals surface area (Å²) in [6.07, 6.45) is -1.31. The monoisotopic (exact) mass is 417 g/mol. The maximum absolute atomic E-state index is 14.6. The smallest absolute Gasteiger partial charge is 0.323 e. The van der Waals surface area contributed by atoms with Crippen LogP contribution in [0.25, 0.3) is 0 Å². The van der Waals surface area contributed by atoms with Gasteiger partial charge in [0, 0.05) is 30.3 Å². The highest BCUT2D eigenvalue weighted by molar-refractivity contribution is 5.94. The zero-order valence-electron chi connectivity index (χ0n) is 16.7. The van der Waals surface area contributed by atoms with Crippen LogP contribution in [0, 0.1) is 11.2 Å². The molecule has 1 atom stereocenters. The molecule has 0 unspecified atom stereocenters. The summed E-state index contributed by atoms with van der Waals surface area (Å²) in [5, 5.41) is 16.7. The number of carboxylic acid groups (broad SMARTS) is 1. The molecule has 160 valence electrons. The van der Waals surface area contributed by atoms with Crippen LogP contribution in [0.15, 0.2) is 42.5 Å². The van der Waals surface area contributed by atoms with Gasteiger partial charge in [0.2, 0.25) is 0 Å². The molecule has 0 heterocycles. The first kappa shape index (κ1) is 22.8. The SMILES string of the molecule is CCO[C@@H](C(=O)N(CC(=O)O)Cc1ccc(C(=N)N)cc1)c1ccc(OC)cc1F. The van der Waals surface area contributed by atoms with E-state index in [0.29, 0.717) is 11.1 Å². The molecule has 0 aromatic heterocycles. The molecular weight excluding hydrogens is 393 g/mol. The van der Waals surface area contributed by atoms with Gasteiger partial charge in [0.15, 0.2) is 6.10 Å². The first-order valence-electron chi connectivity index (χ1n) is 9.15. The number of methoxy groups -OCH3 is 1. The minimum atomic E-state index is -1.31. The molecule has 0 aliphatic rings. The lowest BCUT2D eigenvalue weighted by molar-refractivity contribution is -0.151. The Morgan fingerprint density at radius 2 is 1.90 bits per heavy atom. The average molecular weight is 417 g/mol. The van der Waals surface area contributed by atoms with E-state index in [2.05, 4.69) is 0 Å². The van der Waals surface area contributed by atoms with Gasteiger partial charge in [-0.2, -0.15) is 0 Å². The van der Waals surface area contributed by atoms with Crippen molar-refractivity contribution in [2.75, 3.05) is 20.3 Å².